The first kappa shape index (κ1) is 16.2. The number of piperidine rings is 1. The van der Waals surface area contributed by atoms with Crippen LogP contribution in [0.25, 0.3) is 0 Å². The minimum absolute atomic E-state index is 0.0385. The number of nitrogens with one attached hydrogen (secondary N) is 1. The summed E-state index contributed by atoms with van der Waals surface area (Å²) in [5, 5.41) is 3.48. The van der Waals surface area contributed by atoms with Crippen LogP contribution in [0.15, 0.2) is 18.2 Å². The van der Waals surface area contributed by atoms with E-state index in [4.69, 9.17) is 11.6 Å². The lowest BCUT2D eigenvalue weighted by Crippen LogP contribution is -2.48. The summed E-state index contributed by atoms with van der Waals surface area (Å²) in [4.78, 5) is 14.4. The van der Waals surface area contributed by atoms with Gasteiger partial charge in [0.15, 0.2) is 0 Å². The third kappa shape index (κ3) is 4.17. The number of halogens is 2. The lowest BCUT2D eigenvalue weighted by molar-refractivity contribution is 0.0676. The molecule has 1 aliphatic rings. The summed E-state index contributed by atoms with van der Waals surface area (Å²) in [6, 6.07) is 4.62. The van der Waals surface area contributed by atoms with Gasteiger partial charge in [0.25, 0.3) is 5.91 Å². The minimum atomic E-state index is -0.554. The largest absolute Gasteiger partial charge is 0.335 e. The molecular weight excluding hydrogens is 291 g/mol. The SMILES string of the molecule is CC(C)N(CC1CCCCN1)C(=O)c1ccc(Cl)c(F)c1. The van der Waals surface area contributed by atoms with E-state index >= 15 is 0 Å². The maximum absolute atomic E-state index is 13.5. The molecule has 1 aliphatic heterocycles. The standard InChI is InChI=1S/C16H22ClFN2O/c1-11(2)20(10-13-5-3-4-8-19-13)16(21)12-6-7-14(17)15(18)9-12/h6-7,9,11,13,19H,3-5,8,10H2,1-2H3. The summed E-state index contributed by atoms with van der Waals surface area (Å²) in [6.45, 7) is 5.61. The molecule has 0 aromatic heterocycles. The van der Waals surface area contributed by atoms with E-state index in [1.165, 1.54) is 25.0 Å². The molecule has 1 fully saturated rings. The molecule has 1 N–H and O–H groups in total. The topological polar surface area (TPSA) is 32.3 Å². The highest BCUT2D eigenvalue weighted by molar-refractivity contribution is 6.30. The van der Waals surface area contributed by atoms with Crippen LogP contribution in [0.3, 0.4) is 0 Å². The van der Waals surface area contributed by atoms with Crippen LogP contribution < -0.4 is 5.32 Å². The van der Waals surface area contributed by atoms with Gasteiger partial charge in [0, 0.05) is 24.2 Å². The molecule has 0 spiro atoms. The van der Waals surface area contributed by atoms with E-state index in [9.17, 15) is 9.18 Å². The molecule has 1 aromatic rings. The molecule has 1 atom stereocenters. The second-order valence-corrected chi connectivity index (χ2v) is 6.23. The number of hydrogen-bond donors (Lipinski definition) is 1. The Bertz CT molecular complexity index is 501. The Kier molecular flexibility index (Phi) is 5.59. The van der Waals surface area contributed by atoms with Crippen molar-refractivity contribution in [3.8, 4) is 0 Å². The van der Waals surface area contributed by atoms with Crippen molar-refractivity contribution in [2.45, 2.75) is 45.2 Å². The van der Waals surface area contributed by atoms with Crippen molar-refractivity contribution in [3.05, 3.63) is 34.6 Å². The molecule has 0 saturated carbocycles. The third-order valence-corrected chi connectivity index (χ3v) is 4.19. The Labute approximate surface area is 130 Å². The molecule has 0 aliphatic carbocycles. The minimum Gasteiger partial charge on any atom is -0.335 e. The molecule has 1 unspecified atom stereocenters. The molecule has 1 aromatic carbocycles. The number of rotatable bonds is 4. The molecule has 1 amide bonds. The third-order valence-electron chi connectivity index (χ3n) is 3.88. The molecule has 1 saturated heterocycles. The van der Waals surface area contributed by atoms with E-state index < -0.39 is 5.82 Å². The predicted octanol–water partition coefficient (Wildman–Crippen LogP) is 3.47. The van der Waals surface area contributed by atoms with E-state index in [-0.39, 0.29) is 17.0 Å². The van der Waals surface area contributed by atoms with E-state index in [2.05, 4.69) is 5.32 Å². The van der Waals surface area contributed by atoms with Gasteiger partial charge in [0.1, 0.15) is 5.82 Å². The normalized spacial score (nSPS) is 18.8. The lowest BCUT2D eigenvalue weighted by Gasteiger charge is -2.33. The highest BCUT2D eigenvalue weighted by Crippen LogP contribution is 2.18. The molecule has 5 heteroatoms. The molecule has 2 rings (SSSR count). The van der Waals surface area contributed by atoms with Crippen molar-refractivity contribution < 1.29 is 9.18 Å². The van der Waals surface area contributed by atoms with Gasteiger partial charge in [-0.15, -0.1) is 0 Å². The predicted molar refractivity (Wildman–Crippen MR) is 83.2 cm³/mol. The fourth-order valence-corrected chi connectivity index (χ4v) is 2.76. The second kappa shape index (κ2) is 7.23. The van der Waals surface area contributed by atoms with Crippen molar-refractivity contribution in [2.24, 2.45) is 0 Å². The first-order valence-corrected chi connectivity index (χ1v) is 7.86. The smallest absolute Gasteiger partial charge is 0.254 e. The van der Waals surface area contributed by atoms with Gasteiger partial charge in [0.05, 0.1) is 5.02 Å². The van der Waals surface area contributed by atoms with E-state index in [0.717, 1.165) is 13.0 Å². The number of carbonyl (C=O) groups excluding carboxylic acids is 1. The monoisotopic (exact) mass is 312 g/mol. The number of nitrogens with zero attached hydrogens (tertiary/aromatic N) is 1. The highest BCUT2D eigenvalue weighted by atomic mass is 35.5. The van der Waals surface area contributed by atoms with Gasteiger partial charge in [-0.1, -0.05) is 18.0 Å². The number of carbonyl (C=O) groups is 1. The van der Waals surface area contributed by atoms with Gasteiger partial charge < -0.3 is 10.2 Å². The summed E-state index contributed by atoms with van der Waals surface area (Å²) < 4.78 is 13.5. The summed E-state index contributed by atoms with van der Waals surface area (Å²) in [5.74, 6) is -0.699. The van der Waals surface area contributed by atoms with Gasteiger partial charge in [-0.2, -0.15) is 0 Å². The van der Waals surface area contributed by atoms with Gasteiger partial charge >= 0.3 is 0 Å². The van der Waals surface area contributed by atoms with Crippen LogP contribution in [0.2, 0.25) is 5.02 Å². The van der Waals surface area contributed by atoms with Crippen molar-refractivity contribution in [2.75, 3.05) is 13.1 Å². The fourth-order valence-electron chi connectivity index (χ4n) is 2.64. The zero-order valence-electron chi connectivity index (χ0n) is 12.5. The lowest BCUT2D eigenvalue weighted by atomic mass is 10.0. The summed E-state index contributed by atoms with van der Waals surface area (Å²) in [7, 11) is 0. The van der Waals surface area contributed by atoms with Crippen LogP contribution in [-0.2, 0) is 0 Å². The molecular formula is C16H22ClFN2O. The molecule has 3 nitrogen and oxygen atoms in total. The van der Waals surface area contributed by atoms with E-state index in [1.54, 1.807) is 11.0 Å². The summed E-state index contributed by atoms with van der Waals surface area (Å²) >= 11 is 5.67. The molecule has 116 valence electrons. The van der Waals surface area contributed by atoms with Crippen molar-refractivity contribution in [1.82, 2.24) is 10.2 Å². The van der Waals surface area contributed by atoms with Crippen molar-refractivity contribution in [1.29, 1.82) is 0 Å². The van der Waals surface area contributed by atoms with Crippen LogP contribution in [0, 0.1) is 5.82 Å². The zero-order chi connectivity index (χ0) is 15.4. The van der Waals surface area contributed by atoms with Gasteiger partial charge in [-0.05, 0) is 51.4 Å². The average molecular weight is 313 g/mol. The number of amides is 1. The number of benzene rings is 1. The van der Waals surface area contributed by atoms with Gasteiger partial charge in [-0.3, -0.25) is 4.79 Å². The van der Waals surface area contributed by atoms with Gasteiger partial charge in [0.2, 0.25) is 0 Å². The first-order chi connectivity index (χ1) is 9.99. The maximum atomic E-state index is 13.5. The highest BCUT2D eigenvalue weighted by Gasteiger charge is 2.24. The Morgan fingerprint density at radius 2 is 2.24 bits per heavy atom. The Morgan fingerprint density at radius 1 is 1.48 bits per heavy atom. The van der Waals surface area contributed by atoms with E-state index in [0.29, 0.717) is 18.2 Å². The van der Waals surface area contributed by atoms with Crippen LogP contribution in [-0.4, -0.2) is 36.0 Å². The Hall–Kier alpha value is -1.13. The molecule has 1 heterocycles. The van der Waals surface area contributed by atoms with Crippen molar-refractivity contribution in [3.63, 3.8) is 0 Å². The van der Waals surface area contributed by atoms with Crippen LogP contribution >= 0.6 is 11.6 Å². The van der Waals surface area contributed by atoms with Crippen LogP contribution in [0.5, 0.6) is 0 Å². The van der Waals surface area contributed by atoms with Crippen LogP contribution in [0.4, 0.5) is 4.39 Å². The summed E-state index contributed by atoms with van der Waals surface area (Å²) in [6.07, 6.45) is 3.45. The fraction of sp³-hybridized carbons (Fsp3) is 0.562. The average Bonchev–Trinajstić information content (AvgIpc) is 2.47. The van der Waals surface area contributed by atoms with Crippen molar-refractivity contribution >= 4 is 17.5 Å². The van der Waals surface area contributed by atoms with E-state index in [1.807, 2.05) is 13.8 Å². The quantitative estimate of drug-likeness (QED) is 0.923. The second-order valence-electron chi connectivity index (χ2n) is 5.83. The molecule has 0 radical (unpaired) electrons. The first-order valence-electron chi connectivity index (χ1n) is 7.48. The Morgan fingerprint density at radius 3 is 2.81 bits per heavy atom. The van der Waals surface area contributed by atoms with Crippen LogP contribution in [0.1, 0.15) is 43.5 Å². The van der Waals surface area contributed by atoms with Gasteiger partial charge in [-0.25, -0.2) is 4.39 Å². The summed E-state index contributed by atoms with van der Waals surface area (Å²) in [5.41, 5.74) is 0.349. The zero-order valence-corrected chi connectivity index (χ0v) is 13.3. The molecule has 21 heavy (non-hydrogen) atoms. The Balaban J connectivity index is 2.12. The maximum Gasteiger partial charge on any atom is 0.254 e. The molecule has 0 bridgehead atoms. The number of hydrogen-bond acceptors (Lipinski definition) is 2.